The van der Waals surface area contributed by atoms with Crippen LogP contribution in [0.25, 0.3) is 0 Å². The molecule has 0 saturated carbocycles. The number of halogens is 2. The highest BCUT2D eigenvalue weighted by Gasteiger charge is 2.32. The number of para-hydroxylation sites is 1. The number of nitrogens with one attached hydrogen (secondary N) is 1. The number of likely N-dealkylation sites (tertiary alicyclic amines) is 1. The van der Waals surface area contributed by atoms with E-state index < -0.39 is 0 Å². The molecule has 1 amide bonds. The van der Waals surface area contributed by atoms with Gasteiger partial charge in [0.1, 0.15) is 11.6 Å². The standard InChI is InChI=1S/C21H25F2N3O/c22-18-8-2-1-6-15(18)7-5-11-21(27)26-14-16(24)12-17(26)13-25-20-10-4-3-9-19(20)23/h1-4,6,8-10,16-17,25H,5,7,11-14,24H2. The Bertz CT molecular complexity index is 784. The van der Waals surface area contributed by atoms with Crippen LogP contribution in [-0.2, 0) is 11.2 Å². The maximum Gasteiger partial charge on any atom is 0.222 e. The number of nitrogens with zero attached hydrogens (tertiary/aromatic N) is 1. The molecule has 1 fully saturated rings. The summed E-state index contributed by atoms with van der Waals surface area (Å²) < 4.78 is 27.4. The number of carbonyl (C=O) groups excluding carboxylic acids is 1. The Kier molecular flexibility index (Phi) is 6.40. The summed E-state index contributed by atoms with van der Waals surface area (Å²) in [7, 11) is 0. The third kappa shape index (κ3) is 5.04. The van der Waals surface area contributed by atoms with Crippen LogP contribution in [-0.4, -0.2) is 36.0 Å². The van der Waals surface area contributed by atoms with Crippen molar-refractivity contribution in [2.24, 2.45) is 5.73 Å². The zero-order chi connectivity index (χ0) is 19.2. The molecule has 2 atom stereocenters. The molecule has 4 nitrogen and oxygen atoms in total. The SMILES string of the molecule is NC1CC(CNc2ccccc2F)N(C(=O)CCCc2ccccc2F)C1. The minimum absolute atomic E-state index is 0.0135. The maximum atomic E-state index is 13.8. The molecule has 1 heterocycles. The quantitative estimate of drug-likeness (QED) is 0.783. The van der Waals surface area contributed by atoms with Gasteiger partial charge in [0.05, 0.1) is 11.7 Å². The van der Waals surface area contributed by atoms with E-state index in [-0.39, 0.29) is 29.6 Å². The van der Waals surface area contributed by atoms with Gasteiger partial charge in [0.25, 0.3) is 0 Å². The molecule has 0 aliphatic carbocycles. The van der Waals surface area contributed by atoms with Crippen LogP contribution in [0.5, 0.6) is 0 Å². The molecule has 2 aromatic rings. The van der Waals surface area contributed by atoms with Crippen LogP contribution in [0.3, 0.4) is 0 Å². The first kappa shape index (κ1) is 19.3. The van der Waals surface area contributed by atoms with Gasteiger partial charge in [0, 0.05) is 25.6 Å². The number of nitrogens with two attached hydrogens (primary N) is 1. The van der Waals surface area contributed by atoms with Crippen LogP contribution in [0.15, 0.2) is 48.5 Å². The summed E-state index contributed by atoms with van der Waals surface area (Å²) in [5.74, 6) is -0.540. The van der Waals surface area contributed by atoms with E-state index in [1.807, 2.05) is 0 Å². The van der Waals surface area contributed by atoms with Gasteiger partial charge >= 0.3 is 0 Å². The van der Waals surface area contributed by atoms with Crippen LogP contribution >= 0.6 is 0 Å². The van der Waals surface area contributed by atoms with Gasteiger partial charge in [-0.15, -0.1) is 0 Å². The number of benzene rings is 2. The van der Waals surface area contributed by atoms with Crippen LogP contribution in [0.4, 0.5) is 14.5 Å². The van der Waals surface area contributed by atoms with Crippen LogP contribution in [0.2, 0.25) is 0 Å². The number of aryl methyl sites for hydroxylation is 1. The molecule has 2 unspecified atom stereocenters. The van der Waals surface area contributed by atoms with Crippen LogP contribution in [0, 0.1) is 11.6 Å². The van der Waals surface area contributed by atoms with Gasteiger partial charge in [-0.1, -0.05) is 30.3 Å². The van der Waals surface area contributed by atoms with E-state index in [1.165, 1.54) is 12.1 Å². The van der Waals surface area contributed by atoms with E-state index in [1.54, 1.807) is 41.3 Å². The molecule has 3 N–H and O–H groups in total. The van der Waals surface area contributed by atoms with Gasteiger partial charge in [0.15, 0.2) is 0 Å². The summed E-state index contributed by atoms with van der Waals surface area (Å²) >= 11 is 0. The summed E-state index contributed by atoms with van der Waals surface area (Å²) in [5.41, 5.74) is 7.09. The van der Waals surface area contributed by atoms with Gasteiger partial charge < -0.3 is 16.0 Å². The highest BCUT2D eigenvalue weighted by Crippen LogP contribution is 2.21. The molecule has 3 rings (SSSR count). The Hall–Kier alpha value is -2.47. The molecule has 6 heteroatoms. The lowest BCUT2D eigenvalue weighted by atomic mass is 10.1. The molecule has 144 valence electrons. The van der Waals surface area contributed by atoms with Crippen molar-refractivity contribution in [2.45, 2.75) is 37.8 Å². The Morgan fingerprint density at radius 2 is 1.81 bits per heavy atom. The number of amides is 1. The van der Waals surface area contributed by atoms with Gasteiger partial charge in [-0.25, -0.2) is 8.78 Å². The molecule has 1 saturated heterocycles. The zero-order valence-corrected chi connectivity index (χ0v) is 15.2. The number of carbonyl (C=O) groups is 1. The third-order valence-electron chi connectivity index (χ3n) is 4.96. The average Bonchev–Trinajstić information content (AvgIpc) is 3.03. The maximum absolute atomic E-state index is 13.8. The van der Waals surface area contributed by atoms with Crippen molar-refractivity contribution in [1.82, 2.24) is 4.90 Å². The summed E-state index contributed by atoms with van der Waals surface area (Å²) in [6.45, 7) is 0.954. The first-order chi connectivity index (χ1) is 13.0. The smallest absolute Gasteiger partial charge is 0.222 e. The number of rotatable bonds is 7. The molecule has 0 radical (unpaired) electrons. The Morgan fingerprint density at radius 1 is 1.11 bits per heavy atom. The second-order valence-corrected chi connectivity index (χ2v) is 7.00. The van der Waals surface area contributed by atoms with Gasteiger partial charge in [0.2, 0.25) is 5.91 Å². The lowest BCUT2D eigenvalue weighted by Crippen LogP contribution is -2.40. The fourth-order valence-corrected chi connectivity index (χ4v) is 3.56. The summed E-state index contributed by atoms with van der Waals surface area (Å²) in [4.78, 5) is 14.4. The second kappa shape index (κ2) is 8.95. The van der Waals surface area contributed by atoms with Crippen molar-refractivity contribution in [2.75, 3.05) is 18.4 Å². The lowest BCUT2D eigenvalue weighted by Gasteiger charge is -2.25. The minimum Gasteiger partial charge on any atom is -0.381 e. The van der Waals surface area contributed by atoms with Crippen LogP contribution in [0.1, 0.15) is 24.8 Å². The molecule has 2 aromatic carbocycles. The molecular formula is C21H25F2N3O. The van der Waals surface area contributed by atoms with E-state index in [4.69, 9.17) is 5.73 Å². The Labute approximate surface area is 158 Å². The largest absolute Gasteiger partial charge is 0.381 e. The van der Waals surface area contributed by atoms with E-state index >= 15 is 0 Å². The second-order valence-electron chi connectivity index (χ2n) is 7.00. The normalized spacial score (nSPS) is 19.3. The topological polar surface area (TPSA) is 58.4 Å². The Morgan fingerprint density at radius 3 is 2.56 bits per heavy atom. The predicted molar refractivity (Wildman–Crippen MR) is 102 cm³/mol. The fraction of sp³-hybridized carbons (Fsp3) is 0.381. The minimum atomic E-state index is -0.317. The van der Waals surface area contributed by atoms with E-state index in [0.717, 1.165) is 0 Å². The van der Waals surface area contributed by atoms with E-state index in [0.29, 0.717) is 50.0 Å². The average molecular weight is 373 g/mol. The molecular weight excluding hydrogens is 348 g/mol. The molecule has 27 heavy (non-hydrogen) atoms. The number of anilines is 1. The molecule has 1 aliphatic heterocycles. The monoisotopic (exact) mass is 373 g/mol. The molecule has 0 bridgehead atoms. The van der Waals surface area contributed by atoms with Crippen molar-refractivity contribution < 1.29 is 13.6 Å². The first-order valence-corrected chi connectivity index (χ1v) is 9.31. The summed E-state index contributed by atoms with van der Waals surface area (Å²) in [6.07, 6.45) is 2.13. The van der Waals surface area contributed by atoms with Crippen molar-refractivity contribution >= 4 is 11.6 Å². The van der Waals surface area contributed by atoms with Crippen molar-refractivity contribution in [1.29, 1.82) is 0 Å². The summed E-state index contributed by atoms with van der Waals surface area (Å²) in [5, 5.41) is 3.08. The molecule has 0 aromatic heterocycles. The number of hydrogen-bond acceptors (Lipinski definition) is 3. The third-order valence-corrected chi connectivity index (χ3v) is 4.96. The van der Waals surface area contributed by atoms with E-state index in [2.05, 4.69) is 5.32 Å². The van der Waals surface area contributed by atoms with Crippen molar-refractivity contribution in [3.05, 3.63) is 65.7 Å². The van der Waals surface area contributed by atoms with E-state index in [9.17, 15) is 13.6 Å². The van der Waals surface area contributed by atoms with Gasteiger partial charge in [-0.2, -0.15) is 0 Å². The highest BCUT2D eigenvalue weighted by atomic mass is 19.1. The first-order valence-electron chi connectivity index (χ1n) is 9.31. The number of hydrogen-bond donors (Lipinski definition) is 2. The van der Waals surface area contributed by atoms with Gasteiger partial charge in [-0.3, -0.25) is 4.79 Å². The van der Waals surface area contributed by atoms with Crippen LogP contribution < -0.4 is 11.1 Å². The van der Waals surface area contributed by atoms with Crippen molar-refractivity contribution in [3.63, 3.8) is 0 Å². The highest BCUT2D eigenvalue weighted by molar-refractivity contribution is 5.77. The fourth-order valence-electron chi connectivity index (χ4n) is 3.56. The van der Waals surface area contributed by atoms with Gasteiger partial charge in [-0.05, 0) is 43.0 Å². The van der Waals surface area contributed by atoms with Crippen molar-refractivity contribution in [3.8, 4) is 0 Å². The Balaban J connectivity index is 1.52. The summed E-state index contributed by atoms with van der Waals surface area (Å²) in [6, 6.07) is 12.9. The zero-order valence-electron chi connectivity index (χ0n) is 15.2. The predicted octanol–water partition coefficient (Wildman–Crippen LogP) is 3.33. The lowest BCUT2D eigenvalue weighted by molar-refractivity contribution is -0.131. The molecule has 0 spiro atoms. The molecule has 1 aliphatic rings.